The lowest BCUT2D eigenvalue weighted by Gasteiger charge is -2.23. The second-order valence-corrected chi connectivity index (χ2v) is 3.46. The first-order valence-corrected chi connectivity index (χ1v) is 5.20. The molecule has 0 saturated carbocycles. The number of rotatable bonds is 4. The van der Waals surface area contributed by atoms with Crippen molar-refractivity contribution in [1.82, 2.24) is 0 Å². The van der Waals surface area contributed by atoms with Gasteiger partial charge >= 0.3 is 5.97 Å². The second kappa shape index (κ2) is 5.24. The normalized spacial score (nSPS) is 10.6. The van der Waals surface area contributed by atoms with Gasteiger partial charge in [-0.1, -0.05) is 0 Å². The summed E-state index contributed by atoms with van der Waals surface area (Å²) in [7, 11) is 0. The Labute approximate surface area is 101 Å². The Balaban J connectivity index is 3.63. The molecule has 0 aromatic heterocycles. The van der Waals surface area contributed by atoms with Crippen molar-refractivity contribution in [2.75, 3.05) is 18.0 Å². The van der Waals surface area contributed by atoms with Crippen LogP contribution in [-0.2, 0) is 0 Å². The summed E-state index contributed by atoms with van der Waals surface area (Å²) < 4.78 is 54.0. The van der Waals surface area contributed by atoms with E-state index < -0.39 is 40.5 Å². The molecule has 0 atom stereocenters. The van der Waals surface area contributed by atoms with Crippen molar-refractivity contribution in [2.45, 2.75) is 13.8 Å². The van der Waals surface area contributed by atoms with Crippen LogP contribution < -0.4 is 4.90 Å². The molecule has 0 heterocycles. The van der Waals surface area contributed by atoms with Crippen molar-refractivity contribution >= 4 is 11.7 Å². The molecule has 0 radical (unpaired) electrons. The van der Waals surface area contributed by atoms with Crippen LogP contribution in [0.3, 0.4) is 0 Å². The topological polar surface area (TPSA) is 40.5 Å². The van der Waals surface area contributed by atoms with Crippen LogP contribution in [0, 0.1) is 23.3 Å². The standard InChI is InChI=1S/C11H11F4NO2/c1-3-16(4-2)10-8(14)6(12)5(11(17)18)7(13)9(10)15/h3-4H2,1-2H3,(H,17,18). The van der Waals surface area contributed by atoms with Crippen LogP contribution in [0.2, 0.25) is 0 Å². The van der Waals surface area contributed by atoms with E-state index in [2.05, 4.69) is 0 Å². The smallest absolute Gasteiger partial charge is 0.341 e. The van der Waals surface area contributed by atoms with E-state index in [4.69, 9.17) is 5.11 Å². The maximum atomic E-state index is 13.6. The van der Waals surface area contributed by atoms with Gasteiger partial charge < -0.3 is 10.0 Å². The van der Waals surface area contributed by atoms with Crippen LogP contribution in [0.4, 0.5) is 23.2 Å². The van der Waals surface area contributed by atoms with Crippen LogP contribution in [0.1, 0.15) is 24.2 Å². The third-order valence-electron chi connectivity index (χ3n) is 2.53. The zero-order valence-electron chi connectivity index (χ0n) is 9.73. The highest BCUT2D eigenvalue weighted by molar-refractivity contribution is 5.89. The number of carboxylic acids is 1. The molecule has 0 bridgehead atoms. The monoisotopic (exact) mass is 265 g/mol. The molecule has 0 saturated heterocycles. The van der Waals surface area contributed by atoms with Crippen LogP contribution in [-0.4, -0.2) is 24.2 Å². The molecule has 0 amide bonds. The highest BCUT2D eigenvalue weighted by atomic mass is 19.2. The van der Waals surface area contributed by atoms with E-state index in [0.29, 0.717) is 0 Å². The van der Waals surface area contributed by atoms with Crippen molar-refractivity contribution in [1.29, 1.82) is 0 Å². The fourth-order valence-electron chi connectivity index (χ4n) is 1.63. The lowest BCUT2D eigenvalue weighted by molar-refractivity contribution is 0.0683. The predicted octanol–water partition coefficient (Wildman–Crippen LogP) is 2.79. The SMILES string of the molecule is CCN(CC)c1c(F)c(F)c(C(=O)O)c(F)c1F. The van der Waals surface area contributed by atoms with E-state index in [1.807, 2.05) is 0 Å². The zero-order chi connectivity index (χ0) is 14.0. The van der Waals surface area contributed by atoms with Gasteiger partial charge in [-0.05, 0) is 13.8 Å². The number of nitrogens with zero attached hydrogens (tertiary/aromatic N) is 1. The minimum absolute atomic E-state index is 0.121. The van der Waals surface area contributed by atoms with Crippen LogP contribution in [0.5, 0.6) is 0 Å². The lowest BCUT2D eigenvalue weighted by Crippen LogP contribution is -2.26. The summed E-state index contributed by atoms with van der Waals surface area (Å²) in [6.07, 6.45) is 0. The lowest BCUT2D eigenvalue weighted by atomic mass is 10.1. The Hall–Kier alpha value is -1.79. The van der Waals surface area contributed by atoms with E-state index in [1.165, 1.54) is 0 Å². The molecule has 3 nitrogen and oxygen atoms in total. The maximum absolute atomic E-state index is 13.6. The Kier molecular flexibility index (Phi) is 4.15. The first-order chi connectivity index (χ1) is 8.36. The number of halogens is 4. The molecule has 18 heavy (non-hydrogen) atoms. The molecule has 100 valence electrons. The molecule has 0 aliphatic heterocycles. The summed E-state index contributed by atoms with van der Waals surface area (Å²) in [5.41, 5.74) is -2.51. The average Bonchev–Trinajstić information content (AvgIpc) is 2.32. The average molecular weight is 265 g/mol. The first-order valence-electron chi connectivity index (χ1n) is 5.20. The minimum Gasteiger partial charge on any atom is -0.477 e. The maximum Gasteiger partial charge on any atom is 0.341 e. The van der Waals surface area contributed by atoms with E-state index in [9.17, 15) is 22.4 Å². The van der Waals surface area contributed by atoms with Gasteiger partial charge in [0.2, 0.25) is 0 Å². The first kappa shape index (κ1) is 14.3. The summed E-state index contributed by atoms with van der Waals surface area (Å²) in [6.45, 7) is 3.33. The fourth-order valence-corrected chi connectivity index (χ4v) is 1.63. The van der Waals surface area contributed by atoms with Crippen molar-refractivity contribution in [3.05, 3.63) is 28.8 Å². The van der Waals surface area contributed by atoms with Gasteiger partial charge in [-0.2, -0.15) is 0 Å². The summed E-state index contributed by atoms with van der Waals surface area (Å²) >= 11 is 0. The number of benzene rings is 1. The third-order valence-corrected chi connectivity index (χ3v) is 2.53. The van der Waals surface area contributed by atoms with E-state index in [-0.39, 0.29) is 13.1 Å². The number of hydrogen-bond donors (Lipinski definition) is 1. The molecule has 1 aromatic rings. The van der Waals surface area contributed by atoms with Gasteiger partial charge in [-0.15, -0.1) is 0 Å². The summed E-state index contributed by atoms with van der Waals surface area (Å²) in [4.78, 5) is 11.6. The second-order valence-electron chi connectivity index (χ2n) is 3.46. The van der Waals surface area contributed by atoms with Crippen LogP contribution in [0.25, 0.3) is 0 Å². The van der Waals surface area contributed by atoms with Gasteiger partial charge in [0.1, 0.15) is 11.3 Å². The molecular weight excluding hydrogens is 254 g/mol. The van der Waals surface area contributed by atoms with Crippen molar-refractivity contribution < 1.29 is 27.5 Å². The molecular formula is C11H11F4NO2. The molecule has 0 aliphatic rings. The van der Waals surface area contributed by atoms with Gasteiger partial charge in [0.15, 0.2) is 23.3 Å². The summed E-state index contributed by atoms with van der Waals surface area (Å²) in [5, 5.41) is 8.51. The third kappa shape index (κ3) is 2.12. The number of hydrogen-bond acceptors (Lipinski definition) is 2. The Morgan fingerprint density at radius 3 is 1.67 bits per heavy atom. The number of carboxylic acid groups (broad SMARTS) is 1. The zero-order valence-corrected chi connectivity index (χ0v) is 9.73. The molecule has 0 unspecified atom stereocenters. The number of anilines is 1. The Morgan fingerprint density at radius 2 is 1.39 bits per heavy atom. The summed E-state index contributed by atoms with van der Waals surface area (Å²) in [6, 6.07) is 0. The molecule has 1 N–H and O–H groups in total. The van der Waals surface area contributed by atoms with E-state index in [1.54, 1.807) is 13.8 Å². The number of carbonyl (C=O) groups is 1. The Bertz CT molecular complexity index is 457. The van der Waals surface area contributed by atoms with Gasteiger partial charge in [-0.25, -0.2) is 22.4 Å². The molecule has 1 rings (SSSR count). The highest BCUT2D eigenvalue weighted by Crippen LogP contribution is 2.30. The van der Waals surface area contributed by atoms with Crippen LogP contribution >= 0.6 is 0 Å². The Morgan fingerprint density at radius 1 is 1.00 bits per heavy atom. The fraction of sp³-hybridized carbons (Fsp3) is 0.364. The number of aromatic carboxylic acids is 1. The molecule has 0 spiro atoms. The quantitative estimate of drug-likeness (QED) is 0.672. The highest BCUT2D eigenvalue weighted by Gasteiger charge is 2.30. The van der Waals surface area contributed by atoms with Gasteiger partial charge in [0.05, 0.1) is 0 Å². The van der Waals surface area contributed by atoms with E-state index in [0.717, 1.165) is 4.90 Å². The van der Waals surface area contributed by atoms with Gasteiger partial charge in [0.25, 0.3) is 0 Å². The van der Waals surface area contributed by atoms with Gasteiger partial charge in [-0.3, -0.25) is 0 Å². The van der Waals surface area contributed by atoms with Crippen molar-refractivity contribution in [3.8, 4) is 0 Å². The molecule has 7 heteroatoms. The largest absolute Gasteiger partial charge is 0.477 e. The molecule has 1 aromatic carbocycles. The van der Waals surface area contributed by atoms with Crippen molar-refractivity contribution in [2.24, 2.45) is 0 Å². The minimum atomic E-state index is -2.06. The predicted molar refractivity (Wildman–Crippen MR) is 56.8 cm³/mol. The summed E-state index contributed by atoms with van der Waals surface area (Å²) in [5.74, 6) is -9.26. The molecule has 0 fully saturated rings. The van der Waals surface area contributed by atoms with Crippen LogP contribution in [0.15, 0.2) is 0 Å². The van der Waals surface area contributed by atoms with Gasteiger partial charge in [0, 0.05) is 13.1 Å². The van der Waals surface area contributed by atoms with Crippen molar-refractivity contribution in [3.63, 3.8) is 0 Å². The molecule has 0 aliphatic carbocycles. The van der Waals surface area contributed by atoms with E-state index >= 15 is 0 Å².